The van der Waals surface area contributed by atoms with Gasteiger partial charge in [-0.25, -0.2) is 0 Å². The Morgan fingerprint density at radius 3 is 2.32 bits per heavy atom. The molecule has 0 bridgehead atoms. The fourth-order valence-corrected chi connectivity index (χ4v) is 4.39. The molecule has 0 saturated heterocycles. The Hall–Kier alpha value is -2.50. The summed E-state index contributed by atoms with van der Waals surface area (Å²) in [4.78, 5) is 0. The molecular weight excluding hydrogens is 394 g/mol. The number of rotatable bonds is 2. The molecule has 0 aliphatic heterocycles. The molecule has 0 atom stereocenters. The lowest BCUT2D eigenvalue weighted by Gasteiger charge is -2.07. The Bertz CT molecular complexity index is 1210. The zero-order valence-electron chi connectivity index (χ0n) is 13.1. The zero-order valence-corrected chi connectivity index (χ0v) is 15.5. The van der Waals surface area contributed by atoms with Crippen molar-refractivity contribution >= 4 is 49.1 Å². The minimum absolute atomic E-state index is 0.797. The van der Waals surface area contributed by atoms with Crippen LogP contribution in [0.4, 0.5) is 0 Å². The topological polar surface area (TPSA) is 30.7 Å². The van der Waals surface area contributed by atoms with Crippen molar-refractivity contribution in [2.45, 2.75) is 0 Å². The molecule has 0 aliphatic carbocycles. The smallest absolute Gasteiger partial charge is 0.183 e. The van der Waals surface area contributed by atoms with Crippen molar-refractivity contribution in [3.63, 3.8) is 0 Å². The second-order valence-electron chi connectivity index (χ2n) is 5.78. The van der Waals surface area contributed by atoms with E-state index in [0.29, 0.717) is 0 Å². The van der Waals surface area contributed by atoms with E-state index in [1.807, 2.05) is 6.07 Å². The van der Waals surface area contributed by atoms with Crippen LogP contribution in [0.2, 0.25) is 0 Å². The zero-order chi connectivity index (χ0) is 16.8. The molecule has 5 rings (SSSR count). The van der Waals surface area contributed by atoms with Gasteiger partial charge in [0.1, 0.15) is 5.01 Å². The van der Waals surface area contributed by atoms with Crippen molar-refractivity contribution in [3.05, 3.63) is 76.7 Å². The molecular formula is C20H12BrN3S. The average molecular weight is 406 g/mol. The van der Waals surface area contributed by atoms with Crippen LogP contribution < -0.4 is 0 Å². The van der Waals surface area contributed by atoms with Crippen LogP contribution in [0.25, 0.3) is 38.1 Å². The molecule has 0 amide bonds. The summed E-state index contributed by atoms with van der Waals surface area (Å²) in [5.41, 5.74) is 4.62. The van der Waals surface area contributed by atoms with Crippen molar-refractivity contribution in [2.24, 2.45) is 0 Å². The molecule has 0 unspecified atom stereocenters. The monoisotopic (exact) mass is 405 g/mol. The van der Waals surface area contributed by atoms with Crippen molar-refractivity contribution < 1.29 is 0 Å². The van der Waals surface area contributed by atoms with E-state index in [1.165, 1.54) is 21.8 Å². The fraction of sp³-hybridized carbons (Fsp3) is 0. The lowest BCUT2D eigenvalue weighted by atomic mass is 10.1. The first-order valence-electron chi connectivity index (χ1n) is 7.89. The molecule has 3 nitrogen and oxygen atoms in total. The van der Waals surface area contributed by atoms with E-state index in [0.717, 1.165) is 20.2 Å². The third kappa shape index (κ3) is 2.39. The summed E-state index contributed by atoms with van der Waals surface area (Å²) in [7, 11) is 0. The third-order valence-corrected chi connectivity index (χ3v) is 5.74. The minimum Gasteiger partial charge on any atom is -0.309 e. The van der Waals surface area contributed by atoms with Crippen molar-refractivity contribution in [2.75, 3.05) is 0 Å². The maximum absolute atomic E-state index is 4.26. The fourth-order valence-electron chi connectivity index (χ4n) is 3.28. The molecule has 0 N–H and O–H groups in total. The van der Waals surface area contributed by atoms with Crippen LogP contribution in [0.5, 0.6) is 0 Å². The number of hydrogen-bond donors (Lipinski definition) is 0. The Balaban J connectivity index is 1.88. The summed E-state index contributed by atoms with van der Waals surface area (Å²) in [6, 6.07) is 25.5. The predicted molar refractivity (Wildman–Crippen MR) is 107 cm³/mol. The summed E-state index contributed by atoms with van der Waals surface area (Å²) in [5.74, 6) is 0. The molecule has 0 spiro atoms. The lowest BCUT2D eigenvalue weighted by molar-refractivity contribution is 1.08. The summed E-state index contributed by atoms with van der Waals surface area (Å²) in [6.45, 7) is 0. The first-order valence-corrected chi connectivity index (χ1v) is 9.50. The number of hydrogen-bond acceptors (Lipinski definition) is 3. The quantitative estimate of drug-likeness (QED) is 0.357. The minimum atomic E-state index is 0.797. The summed E-state index contributed by atoms with van der Waals surface area (Å²) >= 11 is 4.94. The van der Waals surface area contributed by atoms with Crippen LogP contribution in [0.15, 0.2) is 76.7 Å². The number of halogens is 1. The largest absolute Gasteiger partial charge is 0.309 e. The Morgan fingerprint density at radius 2 is 1.52 bits per heavy atom. The van der Waals surface area contributed by atoms with Gasteiger partial charge in [0.05, 0.1) is 11.0 Å². The van der Waals surface area contributed by atoms with E-state index in [1.54, 1.807) is 11.3 Å². The summed E-state index contributed by atoms with van der Waals surface area (Å²) < 4.78 is 3.11. The molecule has 120 valence electrons. The third-order valence-electron chi connectivity index (χ3n) is 4.34. The van der Waals surface area contributed by atoms with Gasteiger partial charge >= 0.3 is 0 Å². The number of nitrogens with zero attached hydrogens (tertiary/aromatic N) is 3. The summed E-state index contributed by atoms with van der Waals surface area (Å²) in [6.07, 6.45) is 0. The van der Waals surface area contributed by atoms with Gasteiger partial charge < -0.3 is 4.57 Å². The summed E-state index contributed by atoms with van der Waals surface area (Å²) in [5, 5.41) is 11.8. The Kier molecular flexibility index (Phi) is 3.43. The van der Waals surface area contributed by atoms with Gasteiger partial charge in [0.25, 0.3) is 0 Å². The molecule has 0 aliphatic rings. The van der Waals surface area contributed by atoms with Crippen LogP contribution in [0, 0.1) is 0 Å². The maximum Gasteiger partial charge on any atom is 0.183 e. The van der Waals surface area contributed by atoms with Gasteiger partial charge in [-0.15, -0.1) is 10.2 Å². The normalized spacial score (nSPS) is 11.4. The highest BCUT2D eigenvalue weighted by molar-refractivity contribution is 9.11. The van der Waals surface area contributed by atoms with Crippen LogP contribution >= 0.6 is 27.3 Å². The highest BCUT2D eigenvalue weighted by Gasteiger charge is 2.14. The maximum atomic E-state index is 4.26. The van der Waals surface area contributed by atoms with E-state index >= 15 is 0 Å². The first-order chi connectivity index (χ1) is 12.3. The Labute approximate surface area is 156 Å². The molecule has 2 heterocycles. The average Bonchev–Trinajstić information content (AvgIpc) is 3.23. The number of fused-ring (bicyclic) bond motifs is 3. The molecule has 3 aromatic carbocycles. The Morgan fingerprint density at radius 1 is 0.760 bits per heavy atom. The van der Waals surface area contributed by atoms with Gasteiger partial charge in [-0.1, -0.05) is 59.9 Å². The predicted octanol–water partition coefficient (Wildman–Crippen LogP) is 6.06. The number of aromatic nitrogens is 3. The van der Waals surface area contributed by atoms with E-state index in [4.69, 9.17) is 0 Å². The molecule has 0 fully saturated rings. The lowest BCUT2D eigenvalue weighted by Crippen LogP contribution is -1.93. The van der Waals surface area contributed by atoms with Gasteiger partial charge in [-0.3, -0.25) is 0 Å². The van der Waals surface area contributed by atoms with Crippen molar-refractivity contribution in [1.82, 2.24) is 14.8 Å². The van der Waals surface area contributed by atoms with Gasteiger partial charge in [0.15, 0.2) is 3.92 Å². The second-order valence-corrected chi connectivity index (χ2v) is 8.03. The molecule has 5 heteroatoms. The standard InChI is InChI=1S/C20H12BrN3S/c21-20-23-22-19(25-20)13-10-11-16-15-8-4-5-9-17(15)24(18(16)12-13)14-6-2-1-3-7-14/h1-12H. The van der Waals surface area contributed by atoms with Crippen LogP contribution in [0.1, 0.15) is 0 Å². The van der Waals surface area contributed by atoms with Crippen molar-refractivity contribution in [3.8, 4) is 16.3 Å². The van der Waals surface area contributed by atoms with Gasteiger partial charge in [0.2, 0.25) is 0 Å². The van der Waals surface area contributed by atoms with Gasteiger partial charge in [-0.2, -0.15) is 0 Å². The SMILES string of the molecule is Brc1nnc(-c2ccc3c4ccccc4n(-c4ccccc4)c3c2)s1. The number of para-hydroxylation sites is 2. The van der Waals surface area contributed by atoms with Crippen molar-refractivity contribution in [1.29, 1.82) is 0 Å². The molecule has 2 aromatic heterocycles. The van der Waals surface area contributed by atoms with E-state index < -0.39 is 0 Å². The molecule has 25 heavy (non-hydrogen) atoms. The van der Waals surface area contributed by atoms with E-state index in [-0.39, 0.29) is 0 Å². The molecule has 5 aromatic rings. The molecule has 0 radical (unpaired) electrons. The highest BCUT2D eigenvalue weighted by atomic mass is 79.9. The van der Waals surface area contributed by atoms with Gasteiger partial charge in [-0.05, 0) is 40.2 Å². The second kappa shape index (κ2) is 5.79. The van der Waals surface area contributed by atoms with Crippen LogP contribution in [-0.4, -0.2) is 14.8 Å². The number of benzene rings is 3. The van der Waals surface area contributed by atoms with Crippen LogP contribution in [-0.2, 0) is 0 Å². The van der Waals surface area contributed by atoms with Gasteiger partial charge in [0, 0.05) is 22.0 Å². The van der Waals surface area contributed by atoms with Crippen LogP contribution in [0.3, 0.4) is 0 Å². The van der Waals surface area contributed by atoms with E-state index in [2.05, 4.69) is 97.4 Å². The highest BCUT2D eigenvalue weighted by Crippen LogP contribution is 2.35. The first kappa shape index (κ1) is 14.8. The molecule has 0 saturated carbocycles. The van der Waals surface area contributed by atoms with E-state index in [9.17, 15) is 0 Å².